The zero-order chi connectivity index (χ0) is 17.3. The quantitative estimate of drug-likeness (QED) is 0.807. The van der Waals surface area contributed by atoms with Gasteiger partial charge in [0, 0.05) is 19.1 Å². The molecule has 6 nitrogen and oxygen atoms in total. The van der Waals surface area contributed by atoms with Gasteiger partial charge in [-0.3, -0.25) is 0 Å². The van der Waals surface area contributed by atoms with Crippen LogP contribution in [-0.2, 0) is 14.8 Å². The molecule has 23 heavy (non-hydrogen) atoms. The first-order valence-electron chi connectivity index (χ1n) is 7.32. The van der Waals surface area contributed by atoms with Crippen LogP contribution in [0.5, 0.6) is 0 Å². The van der Waals surface area contributed by atoms with Gasteiger partial charge in [-0.1, -0.05) is 0 Å². The third-order valence-corrected chi connectivity index (χ3v) is 6.92. The highest BCUT2D eigenvalue weighted by molar-refractivity contribution is 9.11. The van der Waals surface area contributed by atoms with Crippen LogP contribution in [0.25, 0.3) is 0 Å². The number of nitrogens with zero attached hydrogens (tertiary/aromatic N) is 1. The molecule has 1 fully saturated rings. The Labute approximate surface area is 149 Å². The second kappa shape index (κ2) is 7.08. The molecule has 2 heterocycles. The smallest absolute Gasteiger partial charge is 0.410 e. The van der Waals surface area contributed by atoms with E-state index in [1.807, 2.05) is 20.8 Å². The van der Waals surface area contributed by atoms with Crippen LogP contribution in [0.2, 0.25) is 0 Å². The average Bonchev–Trinajstić information content (AvgIpc) is 2.84. The van der Waals surface area contributed by atoms with Gasteiger partial charge in [-0.05, 0) is 61.7 Å². The Kier molecular flexibility index (Phi) is 5.76. The number of sulfonamides is 1. The number of ether oxygens (including phenoxy) is 1. The number of carbonyl (C=O) groups is 1. The summed E-state index contributed by atoms with van der Waals surface area (Å²) in [4.78, 5) is 13.6. The Balaban J connectivity index is 1.89. The maximum absolute atomic E-state index is 12.3. The van der Waals surface area contributed by atoms with Crippen LogP contribution in [0.3, 0.4) is 0 Å². The summed E-state index contributed by atoms with van der Waals surface area (Å²) in [5.41, 5.74) is -0.526. The van der Waals surface area contributed by atoms with Gasteiger partial charge >= 0.3 is 6.09 Å². The summed E-state index contributed by atoms with van der Waals surface area (Å²) in [7, 11) is -3.50. The minimum Gasteiger partial charge on any atom is -0.444 e. The number of halogens is 1. The van der Waals surface area contributed by atoms with Crippen molar-refractivity contribution in [1.82, 2.24) is 9.62 Å². The first kappa shape index (κ1) is 18.7. The van der Waals surface area contributed by atoms with Crippen molar-refractivity contribution < 1.29 is 17.9 Å². The minimum absolute atomic E-state index is 0.167. The van der Waals surface area contributed by atoms with Gasteiger partial charge in [-0.2, -0.15) is 0 Å². The third kappa shape index (κ3) is 5.44. The summed E-state index contributed by atoms with van der Waals surface area (Å²) >= 11 is 4.44. The Hall–Kier alpha value is -0.640. The van der Waals surface area contributed by atoms with E-state index in [0.29, 0.717) is 30.1 Å². The Morgan fingerprint density at radius 3 is 2.43 bits per heavy atom. The van der Waals surface area contributed by atoms with Crippen molar-refractivity contribution in [3.63, 3.8) is 0 Å². The average molecular weight is 425 g/mol. The number of hydrogen-bond acceptors (Lipinski definition) is 5. The van der Waals surface area contributed by atoms with Crippen molar-refractivity contribution in [2.75, 3.05) is 13.1 Å². The molecule has 1 aromatic rings. The molecule has 1 N–H and O–H groups in total. The zero-order valence-corrected chi connectivity index (χ0v) is 16.6. The lowest BCUT2D eigenvalue weighted by Crippen LogP contribution is -2.47. The number of rotatable bonds is 3. The molecule has 0 unspecified atom stereocenters. The normalized spacial score (nSPS) is 17.3. The van der Waals surface area contributed by atoms with Crippen molar-refractivity contribution in [3.8, 4) is 0 Å². The van der Waals surface area contributed by atoms with E-state index in [4.69, 9.17) is 4.74 Å². The standard InChI is InChI=1S/C14H21BrN2O4S2/c1-14(2,3)21-13(18)17-8-6-10(7-9-17)16-23(19,20)12-5-4-11(15)22-12/h4-5,10,16H,6-9H2,1-3H3. The topological polar surface area (TPSA) is 75.7 Å². The summed E-state index contributed by atoms with van der Waals surface area (Å²) in [6.45, 7) is 6.44. The van der Waals surface area contributed by atoms with Gasteiger partial charge in [-0.25, -0.2) is 17.9 Å². The van der Waals surface area contributed by atoms with Gasteiger partial charge < -0.3 is 9.64 Å². The highest BCUT2D eigenvalue weighted by Gasteiger charge is 2.29. The minimum atomic E-state index is -3.50. The van der Waals surface area contributed by atoms with Gasteiger partial charge in [0.15, 0.2) is 0 Å². The molecule has 2 rings (SSSR count). The molecule has 0 bridgehead atoms. The molecule has 1 aliphatic rings. The first-order chi connectivity index (χ1) is 10.6. The molecule has 130 valence electrons. The monoisotopic (exact) mass is 424 g/mol. The van der Waals surface area contributed by atoms with Gasteiger partial charge in [0.1, 0.15) is 9.81 Å². The second-order valence-corrected chi connectivity index (χ2v) is 10.8. The number of carbonyl (C=O) groups excluding carboxylic acids is 1. The molecular weight excluding hydrogens is 404 g/mol. The van der Waals surface area contributed by atoms with Crippen LogP contribution >= 0.6 is 27.3 Å². The molecule has 0 radical (unpaired) electrons. The highest BCUT2D eigenvalue weighted by Crippen LogP contribution is 2.26. The molecule has 1 amide bonds. The van der Waals surface area contributed by atoms with E-state index >= 15 is 0 Å². The fourth-order valence-corrected chi connectivity index (χ4v) is 5.56. The van der Waals surface area contributed by atoms with Gasteiger partial charge in [0.05, 0.1) is 3.79 Å². The Morgan fingerprint density at radius 2 is 1.96 bits per heavy atom. The number of nitrogens with one attached hydrogen (secondary N) is 1. The SMILES string of the molecule is CC(C)(C)OC(=O)N1CCC(NS(=O)(=O)c2ccc(Br)s2)CC1. The molecule has 0 aromatic carbocycles. The lowest BCUT2D eigenvalue weighted by molar-refractivity contribution is 0.0204. The fourth-order valence-electron chi connectivity index (χ4n) is 2.23. The van der Waals surface area contributed by atoms with E-state index < -0.39 is 15.6 Å². The van der Waals surface area contributed by atoms with E-state index in [1.54, 1.807) is 17.0 Å². The lowest BCUT2D eigenvalue weighted by Gasteiger charge is -2.33. The van der Waals surface area contributed by atoms with E-state index in [0.717, 1.165) is 3.79 Å². The predicted octanol–water partition coefficient (Wildman–Crippen LogP) is 3.19. The van der Waals surface area contributed by atoms with Crippen LogP contribution in [0.1, 0.15) is 33.6 Å². The van der Waals surface area contributed by atoms with Crippen LogP contribution in [0, 0.1) is 0 Å². The van der Waals surface area contributed by atoms with Crippen LogP contribution in [-0.4, -0.2) is 44.1 Å². The Bertz CT molecular complexity index is 659. The number of hydrogen-bond donors (Lipinski definition) is 1. The Morgan fingerprint density at radius 1 is 1.35 bits per heavy atom. The first-order valence-corrected chi connectivity index (χ1v) is 10.4. The number of likely N-dealkylation sites (tertiary alicyclic amines) is 1. The van der Waals surface area contributed by atoms with Gasteiger partial charge in [-0.15, -0.1) is 11.3 Å². The number of amides is 1. The number of piperidine rings is 1. The van der Waals surface area contributed by atoms with E-state index in [1.165, 1.54) is 11.3 Å². The molecule has 0 atom stereocenters. The number of thiophene rings is 1. The van der Waals surface area contributed by atoms with Crippen LogP contribution in [0.15, 0.2) is 20.1 Å². The summed E-state index contributed by atoms with van der Waals surface area (Å²) in [6, 6.07) is 3.12. The maximum Gasteiger partial charge on any atom is 0.410 e. The predicted molar refractivity (Wildman–Crippen MR) is 93.2 cm³/mol. The van der Waals surface area contributed by atoms with Crippen molar-refractivity contribution in [3.05, 3.63) is 15.9 Å². The molecule has 1 aliphatic heterocycles. The van der Waals surface area contributed by atoms with Gasteiger partial charge in [0.2, 0.25) is 10.0 Å². The zero-order valence-electron chi connectivity index (χ0n) is 13.3. The van der Waals surface area contributed by atoms with Crippen molar-refractivity contribution in [2.45, 2.75) is 49.5 Å². The molecule has 1 saturated heterocycles. The van der Waals surface area contributed by atoms with Crippen LogP contribution < -0.4 is 4.72 Å². The van der Waals surface area contributed by atoms with Gasteiger partial charge in [0.25, 0.3) is 0 Å². The molecule has 0 saturated carbocycles. The summed E-state index contributed by atoms with van der Waals surface area (Å²) in [5.74, 6) is 0. The molecular formula is C14H21BrN2O4S2. The van der Waals surface area contributed by atoms with Crippen molar-refractivity contribution >= 4 is 43.4 Å². The van der Waals surface area contributed by atoms with E-state index in [-0.39, 0.29) is 12.1 Å². The fraction of sp³-hybridized carbons (Fsp3) is 0.643. The maximum atomic E-state index is 12.3. The highest BCUT2D eigenvalue weighted by atomic mass is 79.9. The summed E-state index contributed by atoms with van der Waals surface area (Å²) in [6.07, 6.45) is 0.803. The lowest BCUT2D eigenvalue weighted by atomic mass is 10.1. The summed E-state index contributed by atoms with van der Waals surface area (Å²) in [5, 5.41) is 0. The molecule has 0 aliphatic carbocycles. The molecule has 1 aromatic heterocycles. The third-order valence-electron chi connectivity index (χ3n) is 3.28. The summed E-state index contributed by atoms with van der Waals surface area (Å²) < 4.78 is 33.7. The van der Waals surface area contributed by atoms with Crippen LogP contribution in [0.4, 0.5) is 4.79 Å². The molecule has 0 spiro atoms. The molecule has 9 heteroatoms. The second-order valence-electron chi connectivity index (χ2n) is 6.42. The largest absolute Gasteiger partial charge is 0.444 e. The van der Waals surface area contributed by atoms with E-state index in [9.17, 15) is 13.2 Å². The van der Waals surface area contributed by atoms with E-state index in [2.05, 4.69) is 20.7 Å². The van der Waals surface area contributed by atoms with Crippen molar-refractivity contribution in [2.24, 2.45) is 0 Å². The van der Waals surface area contributed by atoms with Crippen molar-refractivity contribution in [1.29, 1.82) is 0 Å².